The van der Waals surface area contributed by atoms with Gasteiger partial charge < -0.3 is 10.2 Å². The summed E-state index contributed by atoms with van der Waals surface area (Å²) < 4.78 is 0. The second kappa shape index (κ2) is 5.28. The Hall–Kier alpha value is -0.730. The number of nitrogens with zero attached hydrogens (tertiary/aromatic N) is 1. The zero-order valence-corrected chi connectivity index (χ0v) is 11.6. The van der Waals surface area contributed by atoms with Crippen molar-refractivity contribution in [3.05, 3.63) is 28.8 Å². The maximum absolute atomic E-state index is 6.11. The van der Waals surface area contributed by atoms with Gasteiger partial charge in [0.25, 0.3) is 0 Å². The Kier molecular flexibility index (Phi) is 3.95. The summed E-state index contributed by atoms with van der Waals surface area (Å²) in [6.07, 6.45) is 1.17. The largest absolute Gasteiger partial charge is 0.366 e. The third-order valence-corrected chi connectivity index (χ3v) is 3.86. The fraction of sp³-hybridized carbons (Fsp3) is 0.571. The highest BCUT2D eigenvalue weighted by molar-refractivity contribution is 6.30. The SMILES string of the molecule is CCC1CN(c2cc(Cl)ccc2C)C(C)CN1. The van der Waals surface area contributed by atoms with E-state index in [1.165, 1.54) is 17.7 Å². The molecule has 0 saturated carbocycles. The zero-order valence-electron chi connectivity index (χ0n) is 10.8. The van der Waals surface area contributed by atoms with Crippen LogP contribution in [0.3, 0.4) is 0 Å². The summed E-state index contributed by atoms with van der Waals surface area (Å²) in [5, 5.41) is 4.40. The average molecular weight is 253 g/mol. The quantitative estimate of drug-likeness (QED) is 0.870. The van der Waals surface area contributed by atoms with Crippen LogP contribution in [0.2, 0.25) is 5.02 Å². The van der Waals surface area contributed by atoms with Crippen molar-refractivity contribution in [3.8, 4) is 0 Å². The summed E-state index contributed by atoms with van der Waals surface area (Å²) in [5.41, 5.74) is 2.59. The van der Waals surface area contributed by atoms with Gasteiger partial charge in [-0.2, -0.15) is 0 Å². The summed E-state index contributed by atoms with van der Waals surface area (Å²) in [4.78, 5) is 2.48. The predicted octanol–water partition coefficient (Wildman–Crippen LogP) is 3.23. The second-order valence-electron chi connectivity index (χ2n) is 4.95. The van der Waals surface area contributed by atoms with Gasteiger partial charge in [-0.3, -0.25) is 0 Å². The van der Waals surface area contributed by atoms with Crippen molar-refractivity contribution >= 4 is 17.3 Å². The molecule has 1 aliphatic heterocycles. The second-order valence-corrected chi connectivity index (χ2v) is 5.38. The molecule has 1 aromatic carbocycles. The van der Waals surface area contributed by atoms with Gasteiger partial charge in [-0.25, -0.2) is 0 Å². The Bertz CT molecular complexity index is 392. The van der Waals surface area contributed by atoms with E-state index in [0.29, 0.717) is 12.1 Å². The highest BCUT2D eigenvalue weighted by Gasteiger charge is 2.24. The van der Waals surface area contributed by atoms with Crippen molar-refractivity contribution < 1.29 is 0 Å². The summed E-state index contributed by atoms with van der Waals surface area (Å²) >= 11 is 6.11. The van der Waals surface area contributed by atoms with Crippen LogP contribution in [0.4, 0.5) is 5.69 Å². The van der Waals surface area contributed by atoms with Crippen LogP contribution < -0.4 is 10.2 Å². The van der Waals surface area contributed by atoms with Gasteiger partial charge in [0, 0.05) is 35.9 Å². The van der Waals surface area contributed by atoms with Gasteiger partial charge in [0.05, 0.1) is 0 Å². The maximum atomic E-state index is 6.11. The van der Waals surface area contributed by atoms with Crippen LogP contribution in [-0.4, -0.2) is 25.2 Å². The van der Waals surface area contributed by atoms with E-state index in [0.717, 1.165) is 18.1 Å². The van der Waals surface area contributed by atoms with Crippen molar-refractivity contribution in [2.24, 2.45) is 0 Å². The number of rotatable bonds is 2. The third kappa shape index (κ3) is 2.75. The molecule has 1 N–H and O–H groups in total. The Morgan fingerprint density at radius 1 is 1.47 bits per heavy atom. The first-order valence-corrected chi connectivity index (χ1v) is 6.75. The van der Waals surface area contributed by atoms with E-state index < -0.39 is 0 Å². The normalized spacial score (nSPS) is 25.1. The average Bonchev–Trinajstić information content (AvgIpc) is 2.33. The van der Waals surface area contributed by atoms with Crippen molar-refractivity contribution in [1.82, 2.24) is 5.32 Å². The molecule has 3 heteroatoms. The Labute approximate surface area is 109 Å². The molecule has 0 aliphatic carbocycles. The van der Waals surface area contributed by atoms with E-state index >= 15 is 0 Å². The van der Waals surface area contributed by atoms with E-state index in [4.69, 9.17) is 11.6 Å². The molecule has 2 atom stereocenters. The van der Waals surface area contributed by atoms with Crippen molar-refractivity contribution in [3.63, 3.8) is 0 Å². The molecule has 1 aliphatic rings. The minimum Gasteiger partial charge on any atom is -0.366 e. The van der Waals surface area contributed by atoms with Gasteiger partial charge in [0.1, 0.15) is 0 Å². The molecule has 2 unspecified atom stereocenters. The van der Waals surface area contributed by atoms with Crippen LogP contribution in [0.1, 0.15) is 25.8 Å². The number of hydrogen-bond donors (Lipinski definition) is 1. The summed E-state index contributed by atoms with van der Waals surface area (Å²) in [6, 6.07) is 7.27. The minimum absolute atomic E-state index is 0.523. The smallest absolute Gasteiger partial charge is 0.0426 e. The maximum Gasteiger partial charge on any atom is 0.0426 e. The lowest BCUT2D eigenvalue weighted by atomic mass is 10.0. The molecule has 0 amide bonds. The Morgan fingerprint density at radius 3 is 2.94 bits per heavy atom. The van der Waals surface area contributed by atoms with Gasteiger partial charge in [-0.05, 0) is 38.0 Å². The van der Waals surface area contributed by atoms with Gasteiger partial charge in [-0.15, -0.1) is 0 Å². The lowest BCUT2D eigenvalue weighted by molar-refractivity contribution is 0.397. The molecule has 0 spiro atoms. The summed E-state index contributed by atoms with van der Waals surface area (Å²) in [7, 11) is 0. The first-order chi connectivity index (χ1) is 8.11. The number of nitrogens with one attached hydrogen (secondary N) is 1. The lowest BCUT2D eigenvalue weighted by Gasteiger charge is -2.41. The fourth-order valence-corrected chi connectivity index (χ4v) is 2.60. The zero-order chi connectivity index (χ0) is 12.4. The van der Waals surface area contributed by atoms with Crippen LogP contribution in [0, 0.1) is 6.92 Å². The number of hydrogen-bond acceptors (Lipinski definition) is 2. The molecule has 2 nitrogen and oxygen atoms in total. The van der Waals surface area contributed by atoms with Crippen LogP contribution in [0.15, 0.2) is 18.2 Å². The van der Waals surface area contributed by atoms with E-state index in [1.807, 2.05) is 6.07 Å². The standard InChI is InChI=1S/C14H21ClN2/c1-4-13-9-17(11(3)8-16-13)14-7-12(15)6-5-10(14)2/h5-7,11,13,16H,4,8-9H2,1-3H3. The monoisotopic (exact) mass is 252 g/mol. The van der Waals surface area contributed by atoms with Crippen LogP contribution >= 0.6 is 11.6 Å². The van der Waals surface area contributed by atoms with Gasteiger partial charge in [0.2, 0.25) is 0 Å². The van der Waals surface area contributed by atoms with E-state index in [1.54, 1.807) is 0 Å². The molecule has 17 heavy (non-hydrogen) atoms. The molecule has 1 aromatic rings. The highest BCUT2D eigenvalue weighted by atomic mass is 35.5. The topological polar surface area (TPSA) is 15.3 Å². The molecular formula is C14H21ClN2. The molecule has 1 heterocycles. The first kappa shape index (κ1) is 12.7. The van der Waals surface area contributed by atoms with Crippen LogP contribution in [-0.2, 0) is 0 Å². The first-order valence-electron chi connectivity index (χ1n) is 6.38. The van der Waals surface area contributed by atoms with Gasteiger partial charge in [0.15, 0.2) is 0 Å². The summed E-state index contributed by atoms with van der Waals surface area (Å²) in [5.74, 6) is 0. The number of aryl methyl sites for hydroxylation is 1. The number of piperazine rings is 1. The number of benzene rings is 1. The molecule has 1 saturated heterocycles. The molecule has 0 aromatic heterocycles. The van der Waals surface area contributed by atoms with Crippen molar-refractivity contribution in [1.29, 1.82) is 0 Å². The van der Waals surface area contributed by atoms with E-state index in [-0.39, 0.29) is 0 Å². The Morgan fingerprint density at radius 2 is 2.24 bits per heavy atom. The Balaban J connectivity index is 2.27. The molecule has 1 fully saturated rings. The van der Waals surface area contributed by atoms with Gasteiger partial charge >= 0.3 is 0 Å². The van der Waals surface area contributed by atoms with Crippen molar-refractivity contribution in [2.75, 3.05) is 18.0 Å². The molecule has 2 rings (SSSR count). The molecule has 94 valence electrons. The fourth-order valence-electron chi connectivity index (χ4n) is 2.43. The highest BCUT2D eigenvalue weighted by Crippen LogP contribution is 2.27. The van der Waals surface area contributed by atoms with Gasteiger partial charge in [-0.1, -0.05) is 24.6 Å². The predicted molar refractivity (Wildman–Crippen MR) is 75.1 cm³/mol. The lowest BCUT2D eigenvalue weighted by Crippen LogP contribution is -2.55. The van der Waals surface area contributed by atoms with Crippen LogP contribution in [0.5, 0.6) is 0 Å². The minimum atomic E-state index is 0.523. The number of anilines is 1. The number of halogens is 1. The molecular weight excluding hydrogens is 232 g/mol. The van der Waals surface area contributed by atoms with Crippen molar-refractivity contribution in [2.45, 2.75) is 39.3 Å². The summed E-state index contributed by atoms with van der Waals surface area (Å²) in [6.45, 7) is 8.76. The molecule has 0 radical (unpaired) electrons. The molecule has 0 bridgehead atoms. The van der Waals surface area contributed by atoms with Crippen LogP contribution in [0.25, 0.3) is 0 Å². The third-order valence-electron chi connectivity index (χ3n) is 3.62. The van der Waals surface area contributed by atoms with E-state index in [2.05, 4.69) is 43.1 Å². The van der Waals surface area contributed by atoms with E-state index in [9.17, 15) is 0 Å².